The molecule has 0 bridgehead atoms. The fraction of sp³-hybridized carbons (Fsp3) is 0.400. The minimum absolute atomic E-state index is 0.696. The topological polar surface area (TPSA) is 12.9 Å². The molecular formula is C15H16BrNS. The lowest BCUT2D eigenvalue weighted by Crippen LogP contribution is -1.92. The van der Waals surface area contributed by atoms with Gasteiger partial charge < -0.3 is 0 Å². The van der Waals surface area contributed by atoms with Crippen LogP contribution in [0.2, 0.25) is 0 Å². The second-order valence-corrected chi connectivity index (χ2v) is 6.91. The van der Waals surface area contributed by atoms with Crippen LogP contribution in [0.15, 0.2) is 34.1 Å². The van der Waals surface area contributed by atoms with Crippen LogP contribution in [0.25, 0.3) is 11.3 Å². The van der Waals surface area contributed by atoms with Crippen molar-refractivity contribution in [2.24, 2.45) is 5.92 Å². The zero-order valence-electron chi connectivity index (χ0n) is 10.4. The van der Waals surface area contributed by atoms with Crippen molar-refractivity contribution in [3.05, 3.63) is 39.1 Å². The molecule has 1 aromatic heterocycles. The Morgan fingerprint density at radius 2 is 2.11 bits per heavy atom. The average molecular weight is 322 g/mol. The minimum atomic E-state index is 0.696. The van der Waals surface area contributed by atoms with E-state index in [1.165, 1.54) is 29.8 Å². The van der Waals surface area contributed by atoms with Crippen molar-refractivity contribution in [2.75, 3.05) is 0 Å². The van der Waals surface area contributed by atoms with E-state index >= 15 is 0 Å². The fourth-order valence-electron chi connectivity index (χ4n) is 2.70. The van der Waals surface area contributed by atoms with Crippen molar-refractivity contribution in [3.8, 4) is 11.3 Å². The number of thiazole rings is 1. The van der Waals surface area contributed by atoms with Crippen molar-refractivity contribution in [1.29, 1.82) is 0 Å². The summed E-state index contributed by atoms with van der Waals surface area (Å²) in [6.07, 6.45) is 3.97. The molecule has 1 fully saturated rings. The Morgan fingerprint density at radius 1 is 1.28 bits per heavy atom. The molecule has 3 rings (SSSR count). The monoisotopic (exact) mass is 321 g/mol. The molecule has 18 heavy (non-hydrogen) atoms. The molecule has 94 valence electrons. The average Bonchev–Trinajstić information content (AvgIpc) is 2.98. The lowest BCUT2D eigenvalue weighted by Gasteiger charge is -2.04. The molecule has 0 saturated heterocycles. The van der Waals surface area contributed by atoms with Gasteiger partial charge in [-0.2, -0.15) is 0 Å². The van der Waals surface area contributed by atoms with E-state index in [1.54, 1.807) is 0 Å². The largest absolute Gasteiger partial charge is 0.241 e. The van der Waals surface area contributed by atoms with Gasteiger partial charge in [-0.05, 0) is 24.8 Å². The van der Waals surface area contributed by atoms with Crippen LogP contribution in [-0.2, 0) is 0 Å². The molecule has 1 aromatic carbocycles. The van der Waals surface area contributed by atoms with Crippen molar-refractivity contribution in [2.45, 2.75) is 32.1 Å². The first-order chi connectivity index (χ1) is 8.74. The van der Waals surface area contributed by atoms with E-state index in [2.05, 4.69) is 46.4 Å². The second-order valence-electron chi connectivity index (χ2n) is 5.17. The quantitative estimate of drug-likeness (QED) is 0.714. The number of halogens is 1. The van der Waals surface area contributed by atoms with Gasteiger partial charge in [-0.1, -0.05) is 47.5 Å². The van der Waals surface area contributed by atoms with Gasteiger partial charge in [-0.25, -0.2) is 4.98 Å². The number of aromatic nitrogens is 1. The van der Waals surface area contributed by atoms with Crippen molar-refractivity contribution in [1.82, 2.24) is 4.98 Å². The normalized spacial score (nSPS) is 23.4. The zero-order valence-corrected chi connectivity index (χ0v) is 12.8. The first-order valence-corrected chi connectivity index (χ1v) is 8.11. The van der Waals surface area contributed by atoms with Crippen LogP contribution in [0.3, 0.4) is 0 Å². The lowest BCUT2D eigenvalue weighted by atomic mass is 10.1. The smallest absolute Gasteiger partial charge is 0.0963 e. The number of hydrogen-bond donors (Lipinski definition) is 0. The van der Waals surface area contributed by atoms with Gasteiger partial charge in [0.15, 0.2) is 0 Å². The van der Waals surface area contributed by atoms with Gasteiger partial charge in [-0.15, -0.1) is 11.3 Å². The molecule has 0 N–H and O–H groups in total. The van der Waals surface area contributed by atoms with Gasteiger partial charge in [-0.3, -0.25) is 0 Å². The van der Waals surface area contributed by atoms with E-state index in [-0.39, 0.29) is 0 Å². The Kier molecular flexibility index (Phi) is 3.53. The summed E-state index contributed by atoms with van der Waals surface area (Å²) >= 11 is 5.42. The Morgan fingerprint density at radius 3 is 2.83 bits per heavy atom. The van der Waals surface area contributed by atoms with E-state index in [1.807, 2.05) is 17.4 Å². The first kappa shape index (κ1) is 12.4. The standard InChI is InChI=1S/C15H16BrNS/c1-10-6-7-11(8-10)15-17-14(9-18-15)12-4-2-3-5-13(12)16/h2-5,9-11H,6-8H2,1H3. The van der Waals surface area contributed by atoms with E-state index in [4.69, 9.17) is 4.98 Å². The highest BCUT2D eigenvalue weighted by Crippen LogP contribution is 2.40. The van der Waals surface area contributed by atoms with E-state index in [9.17, 15) is 0 Å². The van der Waals surface area contributed by atoms with Gasteiger partial charge in [0.25, 0.3) is 0 Å². The SMILES string of the molecule is CC1CCC(c2nc(-c3ccccc3Br)cs2)C1. The minimum Gasteiger partial charge on any atom is -0.241 e. The third kappa shape index (κ3) is 2.39. The summed E-state index contributed by atoms with van der Waals surface area (Å²) in [4.78, 5) is 4.85. The number of nitrogens with zero attached hydrogens (tertiary/aromatic N) is 1. The highest BCUT2D eigenvalue weighted by atomic mass is 79.9. The Hall–Kier alpha value is -0.670. The molecule has 0 amide bonds. The van der Waals surface area contributed by atoms with E-state index in [0.717, 1.165) is 16.1 Å². The van der Waals surface area contributed by atoms with Gasteiger partial charge in [0, 0.05) is 21.3 Å². The third-order valence-electron chi connectivity index (χ3n) is 3.72. The molecule has 0 radical (unpaired) electrons. The van der Waals surface area contributed by atoms with Gasteiger partial charge in [0.1, 0.15) is 0 Å². The number of hydrogen-bond acceptors (Lipinski definition) is 2. The maximum absolute atomic E-state index is 4.85. The number of rotatable bonds is 2. The molecule has 2 aromatic rings. The van der Waals surface area contributed by atoms with Crippen LogP contribution < -0.4 is 0 Å². The van der Waals surface area contributed by atoms with Crippen LogP contribution in [0.5, 0.6) is 0 Å². The molecular weight excluding hydrogens is 306 g/mol. The maximum Gasteiger partial charge on any atom is 0.0963 e. The van der Waals surface area contributed by atoms with Crippen molar-refractivity contribution in [3.63, 3.8) is 0 Å². The Bertz CT molecular complexity index is 549. The fourth-order valence-corrected chi connectivity index (χ4v) is 4.16. The molecule has 1 aliphatic carbocycles. The summed E-state index contributed by atoms with van der Waals surface area (Å²) in [5, 5.41) is 3.52. The molecule has 0 spiro atoms. The molecule has 1 nitrogen and oxygen atoms in total. The first-order valence-electron chi connectivity index (χ1n) is 6.44. The lowest BCUT2D eigenvalue weighted by molar-refractivity contribution is 0.596. The van der Waals surface area contributed by atoms with Crippen molar-refractivity contribution < 1.29 is 0 Å². The van der Waals surface area contributed by atoms with Crippen LogP contribution in [0.1, 0.15) is 37.1 Å². The van der Waals surface area contributed by atoms with Gasteiger partial charge >= 0.3 is 0 Å². The summed E-state index contributed by atoms with van der Waals surface area (Å²) in [7, 11) is 0. The predicted octanol–water partition coefficient (Wildman–Crippen LogP) is 5.48. The highest BCUT2D eigenvalue weighted by Gasteiger charge is 2.25. The molecule has 2 atom stereocenters. The molecule has 1 heterocycles. The summed E-state index contributed by atoms with van der Waals surface area (Å²) in [5.74, 6) is 1.56. The Balaban J connectivity index is 1.88. The van der Waals surface area contributed by atoms with Crippen molar-refractivity contribution >= 4 is 27.3 Å². The van der Waals surface area contributed by atoms with Crippen LogP contribution in [0.4, 0.5) is 0 Å². The van der Waals surface area contributed by atoms with Crippen LogP contribution in [-0.4, -0.2) is 4.98 Å². The Labute approximate surface area is 120 Å². The van der Waals surface area contributed by atoms with E-state index < -0.39 is 0 Å². The van der Waals surface area contributed by atoms with E-state index in [0.29, 0.717) is 5.92 Å². The second kappa shape index (κ2) is 5.14. The molecule has 3 heteroatoms. The molecule has 0 aliphatic heterocycles. The zero-order chi connectivity index (χ0) is 12.5. The summed E-state index contributed by atoms with van der Waals surface area (Å²) in [5.41, 5.74) is 2.31. The third-order valence-corrected chi connectivity index (χ3v) is 5.41. The summed E-state index contributed by atoms with van der Waals surface area (Å²) < 4.78 is 1.13. The number of benzene rings is 1. The predicted molar refractivity (Wildman–Crippen MR) is 81.0 cm³/mol. The molecule has 1 aliphatic rings. The van der Waals surface area contributed by atoms with Crippen LogP contribution >= 0.6 is 27.3 Å². The van der Waals surface area contributed by atoms with Gasteiger partial charge in [0.05, 0.1) is 10.7 Å². The molecule has 1 saturated carbocycles. The summed E-state index contributed by atoms with van der Waals surface area (Å²) in [6.45, 7) is 2.35. The summed E-state index contributed by atoms with van der Waals surface area (Å²) in [6, 6.07) is 8.31. The molecule has 2 unspecified atom stereocenters. The highest BCUT2D eigenvalue weighted by molar-refractivity contribution is 9.10. The maximum atomic E-state index is 4.85. The van der Waals surface area contributed by atoms with Gasteiger partial charge in [0.2, 0.25) is 0 Å². The van der Waals surface area contributed by atoms with Crippen LogP contribution in [0, 0.1) is 5.92 Å².